The number of nitrogens with two attached hydrogens (primary N) is 1. The molecule has 1 saturated carbocycles. The molecule has 2 amide bonds. The Labute approximate surface area is 183 Å². The van der Waals surface area contributed by atoms with Gasteiger partial charge < -0.3 is 25.8 Å². The number of nitrogens with zero attached hydrogens (tertiary/aromatic N) is 1. The van der Waals surface area contributed by atoms with Gasteiger partial charge >= 0.3 is 0 Å². The zero-order valence-corrected chi connectivity index (χ0v) is 17.0. The average molecular weight is 428 g/mol. The summed E-state index contributed by atoms with van der Waals surface area (Å²) in [6, 6.07) is 14.6. The first-order valence-electron chi connectivity index (χ1n) is 10.5. The van der Waals surface area contributed by atoms with Crippen LogP contribution in [0.25, 0.3) is 0 Å². The summed E-state index contributed by atoms with van der Waals surface area (Å²) in [7, 11) is 0. The van der Waals surface area contributed by atoms with Crippen LogP contribution in [0.3, 0.4) is 0 Å². The zero-order chi connectivity index (χ0) is 21.8. The number of hydrogen-bond donors (Lipinski definition) is 3. The van der Waals surface area contributed by atoms with E-state index in [1.165, 1.54) is 0 Å². The summed E-state index contributed by atoms with van der Waals surface area (Å²) >= 11 is 0. The Morgan fingerprint density at radius 2 is 2.06 bits per heavy atom. The predicted molar refractivity (Wildman–Crippen MR) is 118 cm³/mol. The number of para-hydroxylation sites is 2. The first-order chi connectivity index (χ1) is 15.6. The third kappa shape index (κ3) is 3.03. The molecule has 6 rings (SSSR count). The number of amides is 2. The minimum atomic E-state index is -0.263. The fourth-order valence-corrected chi connectivity index (χ4v) is 4.52. The van der Waals surface area contributed by atoms with E-state index < -0.39 is 0 Å². The van der Waals surface area contributed by atoms with Crippen LogP contribution in [0.5, 0.6) is 17.2 Å². The number of fused-ring (bicyclic) bond motifs is 4. The van der Waals surface area contributed by atoms with E-state index in [9.17, 15) is 9.59 Å². The number of nitrogen functional groups attached to an aromatic ring is 1. The van der Waals surface area contributed by atoms with Crippen LogP contribution in [0, 0.1) is 5.92 Å². The second kappa shape index (κ2) is 6.98. The summed E-state index contributed by atoms with van der Waals surface area (Å²) in [5.74, 6) is 2.21. The Morgan fingerprint density at radius 1 is 1.19 bits per heavy atom. The highest BCUT2D eigenvalue weighted by molar-refractivity contribution is 5.99. The molecule has 4 N–H and O–H groups in total. The highest BCUT2D eigenvalue weighted by Crippen LogP contribution is 2.59. The summed E-state index contributed by atoms with van der Waals surface area (Å²) in [5, 5.41) is 5.69. The predicted octanol–water partition coefficient (Wildman–Crippen LogP) is 3.45. The van der Waals surface area contributed by atoms with Crippen LogP contribution in [0.15, 0.2) is 54.7 Å². The highest BCUT2D eigenvalue weighted by Gasteiger charge is 2.62. The Balaban J connectivity index is 1.21. The van der Waals surface area contributed by atoms with Gasteiger partial charge in [-0.25, -0.2) is 4.98 Å². The summed E-state index contributed by atoms with van der Waals surface area (Å²) in [6.45, 7) is 0. The van der Waals surface area contributed by atoms with Crippen molar-refractivity contribution in [2.45, 2.75) is 24.9 Å². The molecule has 8 nitrogen and oxygen atoms in total. The lowest BCUT2D eigenvalue weighted by atomic mass is 10.1. The number of pyridine rings is 1. The number of hydrogen-bond acceptors (Lipinski definition) is 6. The van der Waals surface area contributed by atoms with Crippen molar-refractivity contribution in [3.8, 4) is 17.2 Å². The van der Waals surface area contributed by atoms with E-state index in [0.717, 1.165) is 16.9 Å². The van der Waals surface area contributed by atoms with Gasteiger partial charge in [-0.1, -0.05) is 12.1 Å². The summed E-state index contributed by atoms with van der Waals surface area (Å²) in [4.78, 5) is 28.7. The molecule has 1 aromatic heterocycles. The summed E-state index contributed by atoms with van der Waals surface area (Å²) in [6.07, 6.45) is 2.42. The van der Waals surface area contributed by atoms with E-state index >= 15 is 0 Å². The molecule has 32 heavy (non-hydrogen) atoms. The van der Waals surface area contributed by atoms with E-state index in [4.69, 9.17) is 15.2 Å². The SMILES string of the molecule is Nc1ccccc1NC(=O)C1C2Oc3ccc(Oc4ccnc5c4CCC(=O)N5)cc3C21. The summed E-state index contributed by atoms with van der Waals surface area (Å²) in [5.41, 5.74) is 8.92. The minimum Gasteiger partial charge on any atom is -0.489 e. The third-order valence-corrected chi connectivity index (χ3v) is 6.18. The fourth-order valence-electron chi connectivity index (χ4n) is 4.52. The van der Waals surface area contributed by atoms with Crippen LogP contribution in [0.2, 0.25) is 0 Å². The minimum absolute atomic E-state index is 0.0101. The lowest BCUT2D eigenvalue weighted by Crippen LogP contribution is -2.20. The zero-order valence-electron chi connectivity index (χ0n) is 17.0. The Bertz CT molecular complexity index is 1270. The van der Waals surface area contributed by atoms with Crippen molar-refractivity contribution in [3.63, 3.8) is 0 Å². The van der Waals surface area contributed by atoms with E-state index in [0.29, 0.717) is 41.5 Å². The molecule has 2 aliphatic heterocycles. The van der Waals surface area contributed by atoms with Gasteiger partial charge in [0.15, 0.2) is 0 Å². The first-order valence-corrected chi connectivity index (χ1v) is 10.5. The molecule has 0 spiro atoms. The van der Waals surface area contributed by atoms with E-state index in [-0.39, 0.29) is 29.8 Å². The number of benzene rings is 2. The second-order valence-corrected chi connectivity index (χ2v) is 8.20. The largest absolute Gasteiger partial charge is 0.489 e. The van der Waals surface area contributed by atoms with Crippen molar-refractivity contribution in [1.29, 1.82) is 0 Å². The fraction of sp³-hybridized carbons (Fsp3) is 0.208. The number of carbonyl (C=O) groups is 2. The molecule has 160 valence electrons. The van der Waals surface area contributed by atoms with Gasteiger partial charge in [-0.05, 0) is 42.8 Å². The van der Waals surface area contributed by atoms with Gasteiger partial charge in [0.2, 0.25) is 11.8 Å². The smallest absolute Gasteiger partial charge is 0.232 e. The van der Waals surface area contributed by atoms with Gasteiger partial charge in [-0.15, -0.1) is 0 Å². The van der Waals surface area contributed by atoms with Gasteiger partial charge in [0.25, 0.3) is 0 Å². The molecule has 3 atom stereocenters. The lowest BCUT2D eigenvalue weighted by molar-refractivity contribution is -0.118. The molecular formula is C24H20N4O4. The Hall–Kier alpha value is -4.07. The molecule has 3 aliphatic rings. The van der Waals surface area contributed by atoms with Crippen molar-refractivity contribution < 1.29 is 19.1 Å². The van der Waals surface area contributed by atoms with Crippen LogP contribution < -0.4 is 25.8 Å². The van der Waals surface area contributed by atoms with Crippen molar-refractivity contribution in [2.24, 2.45) is 5.92 Å². The second-order valence-electron chi connectivity index (χ2n) is 8.20. The Morgan fingerprint density at radius 3 is 2.94 bits per heavy atom. The van der Waals surface area contributed by atoms with Crippen LogP contribution in [-0.4, -0.2) is 22.9 Å². The van der Waals surface area contributed by atoms with Gasteiger partial charge in [-0.2, -0.15) is 0 Å². The normalized spacial score (nSPS) is 22.0. The number of aromatic nitrogens is 1. The maximum atomic E-state index is 12.8. The Kier molecular flexibility index (Phi) is 4.07. The molecule has 3 heterocycles. The van der Waals surface area contributed by atoms with Crippen molar-refractivity contribution in [3.05, 3.63) is 65.9 Å². The molecule has 8 heteroatoms. The monoisotopic (exact) mass is 428 g/mol. The van der Waals surface area contributed by atoms with E-state index in [2.05, 4.69) is 15.6 Å². The van der Waals surface area contributed by atoms with Gasteiger partial charge in [0, 0.05) is 29.7 Å². The van der Waals surface area contributed by atoms with Crippen LogP contribution >= 0.6 is 0 Å². The molecule has 3 aromatic rings. The number of ether oxygens (including phenoxy) is 2. The quantitative estimate of drug-likeness (QED) is 0.548. The number of carbonyl (C=O) groups excluding carboxylic acids is 2. The lowest BCUT2D eigenvalue weighted by Gasteiger charge is -2.19. The van der Waals surface area contributed by atoms with Crippen LogP contribution in [0.1, 0.15) is 23.5 Å². The molecule has 1 fully saturated rings. The number of nitrogens with one attached hydrogen (secondary N) is 2. The van der Waals surface area contributed by atoms with E-state index in [1.54, 1.807) is 24.4 Å². The van der Waals surface area contributed by atoms with Crippen molar-refractivity contribution in [2.75, 3.05) is 16.4 Å². The van der Waals surface area contributed by atoms with Gasteiger partial charge in [0.1, 0.15) is 29.2 Å². The van der Waals surface area contributed by atoms with Crippen molar-refractivity contribution >= 4 is 29.0 Å². The maximum absolute atomic E-state index is 12.8. The van der Waals surface area contributed by atoms with E-state index in [1.807, 2.05) is 30.3 Å². The van der Waals surface area contributed by atoms with Crippen molar-refractivity contribution in [1.82, 2.24) is 4.98 Å². The van der Waals surface area contributed by atoms with Gasteiger partial charge in [-0.3, -0.25) is 9.59 Å². The third-order valence-electron chi connectivity index (χ3n) is 6.18. The van der Waals surface area contributed by atoms with Crippen LogP contribution in [-0.2, 0) is 16.0 Å². The number of rotatable bonds is 4. The summed E-state index contributed by atoms with van der Waals surface area (Å²) < 4.78 is 12.1. The molecule has 3 unspecified atom stereocenters. The first kappa shape index (κ1) is 18.7. The molecule has 2 aromatic carbocycles. The average Bonchev–Trinajstić information content (AvgIpc) is 3.38. The highest BCUT2D eigenvalue weighted by atomic mass is 16.5. The molecule has 1 aliphatic carbocycles. The standard InChI is InChI=1S/C24H20N4O4/c25-15-3-1-2-4-16(15)27-24(30)21-20-14-11-12(5-7-17(14)32-22(20)21)31-18-9-10-26-23-13(18)6-8-19(29)28-23/h1-5,7,9-11,20-22H,6,8,25H2,(H,27,30)(H,26,28,29). The topological polar surface area (TPSA) is 116 Å². The molecular weight excluding hydrogens is 408 g/mol. The maximum Gasteiger partial charge on any atom is 0.232 e. The molecule has 0 radical (unpaired) electrons. The molecule has 0 bridgehead atoms. The van der Waals surface area contributed by atoms with Gasteiger partial charge in [0.05, 0.1) is 17.3 Å². The molecule has 0 saturated heterocycles. The van der Waals surface area contributed by atoms with Crippen LogP contribution in [0.4, 0.5) is 17.2 Å². The number of anilines is 3.